The van der Waals surface area contributed by atoms with E-state index >= 15 is 0 Å². The Morgan fingerprint density at radius 2 is 1.86 bits per heavy atom. The highest BCUT2D eigenvalue weighted by Gasteiger charge is 2.22. The summed E-state index contributed by atoms with van der Waals surface area (Å²) in [6, 6.07) is 12.7. The monoisotopic (exact) mass is 398 g/mol. The molecule has 0 amide bonds. The average Bonchev–Trinajstić information content (AvgIpc) is 3.14. The molecule has 1 fully saturated rings. The molecule has 1 saturated heterocycles. The summed E-state index contributed by atoms with van der Waals surface area (Å²) in [4.78, 5) is 7.27. The predicted molar refractivity (Wildman–Crippen MR) is 113 cm³/mol. The Balaban J connectivity index is 1.44. The van der Waals surface area contributed by atoms with Crippen molar-refractivity contribution < 1.29 is 4.74 Å². The average molecular weight is 399 g/mol. The van der Waals surface area contributed by atoms with Crippen molar-refractivity contribution in [1.29, 1.82) is 0 Å². The molecule has 1 unspecified atom stereocenters. The molecule has 0 spiro atoms. The molecule has 6 heteroatoms. The number of fused-ring (bicyclic) bond motifs is 1. The van der Waals surface area contributed by atoms with Gasteiger partial charge in [-0.15, -0.1) is 0 Å². The summed E-state index contributed by atoms with van der Waals surface area (Å²) in [5.74, 6) is 0.900. The Labute approximate surface area is 171 Å². The molecular formula is C22H27ClN4O. The number of piperidine rings is 1. The second kappa shape index (κ2) is 8.95. The molecule has 3 aromatic rings. The zero-order valence-corrected chi connectivity index (χ0v) is 17.0. The van der Waals surface area contributed by atoms with Crippen molar-refractivity contribution in [3.05, 3.63) is 65.1 Å². The van der Waals surface area contributed by atoms with Crippen LogP contribution in [0.1, 0.15) is 36.6 Å². The number of nitrogens with zero attached hydrogens (tertiary/aromatic N) is 3. The Morgan fingerprint density at radius 1 is 1.07 bits per heavy atom. The van der Waals surface area contributed by atoms with Gasteiger partial charge in [-0.2, -0.15) is 0 Å². The first-order valence-corrected chi connectivity index (χ1v) is 10.3. The van der Waals surface area contributed by atoms with Crippen LogP contribution in [0.4, 0.5) is 0 Å². The van der Waals surface area contributed by atoms with E-state index in [2.05, 4.69) is 39.5 Å². The van der Waals surface area contributed by atoms with Gasteiger partial charge in [-0.3, -0.25) is 4.90 Å². The molecule has 0 radical (unpaired) electrons. The number of hydrogen-bond donors (Lipinski definition) is 1. The molecule has 1 aliphatic rings. The van der Waals surface area contributed by atoms with Crippen LogP contribution in [-0.2, 0) is 6.54 Å². The largest absolute Gasteiger partial charge is 0.497 e. The van der Waals surface area contributed by atoms with Gasteiger partial charge in [0.05, 0.1) is 17.8 Å². The number of pyridine rings is 1. The van der Waals surface area contributed by atoms with E-state index in [0.29, 0.717) is 11.1 Å². The van der Waals surface area contributed by atoms with E-state index in [1.54, 1.807) is 7.11 Å². The van der Waals surface area contributed by atoms with Crippen LogP contribution in [0.15, 0.2) is 48.8 Å². The molecule has 0 aliphatic carbocycles. The third-order valence-electron chi connectivity index (χ3n) is 5.44. The normalized spacial score (nSPS) is 16.4. The van der Waals surface area contributed by atoms with Gasteiger partial charge in [0.15, 0.2) is 0 Å². The smallest absolute Gasteiger partial charge is 0.137 e. The maximum Gasteiger partial charge on any atom is 0.137 e. The van der Waals surface area contributed by atoms with Gasteiger partial charge in [-0.05, 0) is 55.8 Å². The van der Waals surface area contributed by atoms with E-state index in [1.807, 2.05) is 28.9 Å². The minimum atomic E-state index is 0.359. The van der Waals surface area contributed by atoms with Crippen molar-refractivity contribution in [1.82, 2.24) is 19.6 Å². The van der Waals surface area contributed by atoms with Crippen LogP contribution >= 0.6 is 11.6 Å². The lowest BCUT2D eigenvalue weighted by atomic mass is 10.0. The van der Waals surface area contributed by atoms with Gasteiger partial charge < -0.3 is 14.5 Å². The fourth-order valence-electron chi connectivity index (χ4n) is 3.95. The molecule has 1 aliphatic heterocycles. The molecule has 4 rings (SSSR count). The topological polar surface area (TPSA) is 41.8 Å². The summed E-state index contributed by atoms with van der Waals surface area (Å²) in [6.07, 6.45) is 7.82. The molecular weight excluding hydrogens is 372 g/mol. The van der Waals surface area contributed by atoms with Crippen LogP contribution < -0.4 is 10.1 Å². The highest BCUT2D eigenvalue weighted by Crippen LogP contribution is 2.26. The summed E-state index contributed by atoms with van der Waals surface area (Å²) in [5.41, 5.74) is 3.27. The third-order valence-corrected chi connectivity index (χ3v) is 5.66. The van der Waals surface area contributed by atoms with Gasteiger partial charge in [-0.1, -0.05) is 30.2 Å². The number of methoxy groups -OCH3 is 1. The van der Waals surface area contributed by atoms with Crippen molar-refractivity contribution in [2.45, 2.75) is 31.8 Å². The lowest BCUT2D eigenvalue weighted by Crippen LogP contribution is -2.39. The maximum absolute atomic E-state index is 6.07. The predicted octanol–water partition coefficient (Wildman–Crippen LogP) is 4.31. The van der Waals surface area contributed by atoms with Crippen LogP contribution in [0, 0.1) is 0 Å². The minimum absolute atomic E-state index is 0.359. The zero-order valence-electron chi connectivity index (χ0n) is 16.3. The Hall–Kier alpha value is -2.08. The number of rotatable bonds is 7. The first-order chi connectivity index (χ1) is 13.7. The first kappa shape index (κ1) is 19.2. The van der Waals surface area contributed by atoms with Gasteiger partial charge >= 0.3 is 0 Å². The van der Waals surface area contributed by atoms with Gasteiger partial charge in [0.25, 0.3) is 0 Å². The molecule has 0 saturated carbocycles. The lowest BCUT2D eigenvalue weighted by Gasteiger charge is -2.35. The lowest BCUT2D eigenvalue weighted by molar-refractivity contribution is 0.160. The van der Waals surface area contributed by atoms with E-state index in [4.69, 9.17) is 16.3 Å². The number of benzene rings is 1. The van der Waals surface area contributed by atoms with E-state index in [9.17, 15) is 0 Å². The molecule has 3 heterocycles. The SMILES string of the molecule is COc1ccc(C(CNCc2cn3cc(Cl)ccc3n2)N2CCCCC2)cc1. The fourth-order valence-corrected chi connectivity index (χ4v) is 4.12. The number of nitrogens with one attached hydrogen (secondary N) is 1. The standard InChI is InChI=1S/C22H27ClN4O/c1-28-20-8-5-17(6-9-20)21(26-11-3-2-4-12-26)14-24-13-19-16-27-15-18(23)7-10-22(27)25-19/h5-10,15-16,21,24H,2-4,11-14H2,1H3. The highest BCUT2D eigenvalue weighted by atomic mass is 35.5. The van der Waals surface area contributed by atoms with Crippen LogP contribution in [0.5, 0.6) is 5.75 Å². The summed E-state index contributed by atoms with van der Waals surface area (Å²) < 4.78 is 7.30. The number of likely N-dealkylation sites (tertiary alicyclic amines) is 1. The minimum Gasteiger partial charge on any atom is -0.497 e. The zero-order chi connectivity index (χ0) is 19.3. The molecule has 1 atom stereocenters. The quantitative estimate of drug-likeness (QED) is 0.643. The van der Waals surface area contributed by atoms with Gasteiger partial charge in [0.1, 0.15) is 11.4 Å². The first-order valence-electron chi connectivity index (χ1n) is 9.95. The van der Waals surface area contributed by atoms with Crippen LogP contribution in [0.2, 0.25) is 5.02 Å². The van der Waals surface area contributed by atoms with Crippen molar-refractivity contribution >= 4 is 17.2 Å². The molecule has 1 N–H and O–H groups in total. The Kier molecular flexibility index (Phi) is 6.15. The van der Waals surface area contributed by atoms with E-state index < -0.39 is 0 Å². The van der Waals surface area contributed by atoms with Crippen LogP contribution in [0.25, 0.3) is 5.65 Å². The van der Waals surface area contributed by atoms with Crippen molar-refractivity contribution in [2.24, 2.45) is 0 Å². The molecule has 2 aromatic heterocycles. The molecule has 5 nitrogen and oxygen atoms in total. The van der Waals surface area contributed by atoms with E-state index in [0.717, 1.165) is 43.3 Å². The van der Waals surface area contributed by atoms with Crippen LogP contribution in [-0.4, -0.2) is 41.0 Å². The van der Waals surface area contributed by atoms with Crippen molar-refractivity contribution in [2.75, 3.05) is 26.7 Å². The second-order valence-electron chi connectivity index (χ2n) is 7.36. The van der Waals surface area contributed by atoms with Gasteiger partial charge in [-0.25, -0.2) is 4.98 Å². The third kappa shape index (κ3) is 4.49. The highest BCUT2D eigenvalue weighted by molar-refractivity contribution is 6.30. The van der Waals surface area contributed by atoms with Crippen LogP contribution in [0.3, 0.4) is 0 Å². The number of imidazole rings is 1. The number of hydrogen-bond acceptors (Lipinski definition) is 4. The molecule has 148 valence electrons. The summed E-state index contributed by atoms with van der Waals surface area (Å²) >= 11 is 6.07. The summed E-state index contributed by atoms with van der Waals surface area (Å²) in [5, 5.41) is 4.34. The fraction of sp³-hybridized carbons (Fsp3) is 0.409. The Morgan fingerprint density at radius 3 is 2.61 bits per heavy atom. The number of ether oxygens (including phenoxy) is 1. The number of halogens is 1. The summed E-state index contributed by atoms with van der Waals surface area (Å²) in [7, 11) is 1.71. The summed E-state index contributed by atoms with van der Waals surface area (Å²) in [6.45, 7) is 3.94. The van der Waals surface area contributed by atoms with Gasteiger partial charge in [0, 0.05) is 31.5 Å². The number of aromatic nitrogens is 2. The van der Waals surface area contributed by atoms with E-state index in [1.165, 1.54) is 24.8 Å². The molecule has 1 aromatic carbocycles. The van der Waals surface area contributed by atoms with Gasteiger partial charge in [0.2, 0.25) is 0 Å². The Bertz CT molecular complexity index is 903. The van der Waals surface area contributed by atoms with Crippen molar-refractivity contribution in [3.63, 3.8) is 0 Å². The molecule has 28 heavy (non-hydrogen) atoms. The van der Waals surface area contributed by atoms with Crippen molar-refractivity contribution in [3.8, 4) is 5.75 Å². The second-order valence-corrected chi connectivity index (χ2v) is 7.80. The maximum atomic E-state index is 6.07. The molecule has 0 bridgehead atoms. The van der Waals surface area contributed by atoms with E-state index in [-0.39, 0.29) is 0 Å².